The molecule has 3 rings (SSSR count). The number of methoxy groups -OCH3 is 1. The maximum Gasteiger partial charge on any atom is 0.173 e. The van der Waals surface area contributed by atoms with Gasteiger partial charge in [0.25, 0.3) is 0 Å². The molecule has 0 amide bonds. The normalized spacial score (nSPS) is 26.6. The number of hydrogen-bond donors (Lipinski definition) is 0. The Labute approximate surface area is 88.6 Å². The minimum absolute atomic E-state index is 0.0822. The van der Waals surface area contributed by atoms with Crippen molar-refractivity contribution in [2.45, 2.75) is 12.3 Å². The second-order valence-electron chi connectivity index (χ2n) is 4.12. The number of ether oxygens (including phenoxy) is 1. The molecule has 0 spiro atoms. The Morgan fingerprint density at radius 3 is 2.87 bits per heavy atom. The SMILES string of the molecule is COc1cccc2c1C(=O)C1C=CC2C1. The summed E-state index contributed by atoms with van der Waals surface area (Å²) in [7, 11) is 1.62. The van der Waals surface area contributed by atoms with Gasteiger partial charge in [0.1, 0.15) is 5.75 Å². The van der Waals surface area contributed by atoms with E-state index in [1.54, 1.807) is 7.11 Å². The largest absolute Gasteiger partial charge is 0.496 e. The van der Waals surface area contributed by atoms with Crippen LogP contribution in [0.4, 0.5) is 0 Å². The minimum atomic E-state index is 0.0822. The van der Waals surface area contributed by atoms with Crippen molar-refractivity contribution < 1.29 is 9.53 Å². The molecule has 2 aliphatic carbocycles. The van der Waals surface area contributed by atoms with E-state index in [1.165, 1.54) is 0 Å². The van der Waals surface area contributed by atoms with E-state index in [0.717, 1.165) is 23.3 Å². The van der Waals surface area contributed by atoms with Gasteiger partial charge in [-0.2, -0.15) is 0 Å². The first kappa shape index (κ1) is 8.72. The predicted octanol–water partition coefficient (Wildman–Crippen LogP) is 2.55. The van der Waals surface area contributed by atoms with Crippen molar-refractivity contribution in [2.75, 3.05) is 7.11 Å². The molecule has 0 heterocycles. The van der Waals surface area contributed by atoms with Gasteiger partial charge in [0.2, 0.25) is 0 Å². The summed E-state index contributed by atoms with van der Waals surface area (Å²) in [5, 5.41) is 0. The molecule has 0 fully saturated rings. The highest BCUT2D eigenvalue weighted by Crippen LogP contribution is 2.44. The molecule has 0 saturated heterocycles. The van der Waals surface area contributed by atoms with E-state index in [4.69, 9.17) is 4.74 Å². The zero-order chi connectivity index (χ0) is 10.4. The van der Waals surface area contributed by atoms with Gasteiger partial charge < -0.3 is 4.74 Å². The van der Waals surface area contributed by atoms with Crippen molar-refractivity contribution in [3.63, 3.8) is 0 Å². The number of Topliss-reactive ketones (excluding diaryl/α,β-unsaturated/α-hetero) is 1. The summed E-state index contributed by atoms with van der Waals surface area (Å²) in [6.07, 6.45) is 5.12. The van der Waals surface area contributed by atoms with Gasteiger partial charge in [-0.3, -0.25) is 4.79 Å². The van der Waals surface area contributed by atoms with Gasteiger partial charge in [-0.1, -0.05) is 24.3 Å². The molecule has 2 unspecified atom stereocenters. The first-order chi connectivity index (χ1) is 7.31. The molecule has 1 aromatic rings. The summed E-state index contributed by atoms with van der Waals surface area (Å²) in [6.45, 7) is 0. The van der Waals surface area contributed by atoms with Crippen LogP contribution < -0.4 is 4.74 Å². The molecule has 0 aliphatic heterocycles. The van der Waals surface area contributed by atoms with E-state index in [-0.39, 0.29) is 11.7 Å². The molecule has 2 heteroatoms. The second kappa shape index (κ2) is 2.96. The molecule has 76 valence electrons. The van der Waals surface area contributed by atoms with Crippen molar-refractivity contribution >= 4 is 5.78 Å². The molecular weight excluding hydrogens is 188 g/mol. The summed E-state index contributed by atoms with van der Waals surface area (Å²) in [5.41, 5.74) is 1.93. The lowest BCUT2D eigenvalue weighted by Crippen LogP contribution is -2.20. The molecule has 0 saturated carbocycles. The van der Waals surface area contributed by atoms with Crippen LogP contribution >= 0.6 is 0 Å². The molecule has 0 aromatic heterocycles. The van der Waals surface area contributed by atoms with E-state index in [9.17, 15) is 4.79 Å². The molecule has 0 radical (unpaired) electrons. The fraction of sp³-hybridized carbons (Fsp3) is 0.308. The number of carbonyl (C=O) groups excluding carboxylic acids is 1. The monoisotopic (exact) mass is 200 g/mol. The van der Waals surface area contributed by atoms with Gasteiger partial charge in [-0.25, -0.2) is 0 Å². The molecule has 2 atom stereocenters. The highest BCUT2D eigenvalue weighted by Gasteiger charge is 2.36. The summed E-state index contributed by atoms with van der Waals surface area (Å²) in [4.78, 5) is 12.1. The zero-order valence-electron chi connectivity index (χ0n) is 8.57. The topological polar surface area (TPSA) is 26.3 Å². The van der Waals surface area contributed by atoms with Crippen LogP contribution in [0.5, 0.6) is 5.75 Å². The van der Waals surface area contributed by atoms with E-state index in [0.29, 0.717) is 5.92 Å². The maximum absolute atomic E-state index is 12.1. The molecule has 1 aromatic carbocycles. The Hall–Kier alpha value is -1.57. The summed E-state index contributed by atoms with van der Waals surface area (Å²) in [6, 6.07) is 5.85. The third kappa shape index (κ3) is 1.08. The first-order valence-electron chi connectivity index (χ1n) is 5.20. The average molecular weight is 200 g/mol. The van der Waals surface area contributed by atoms with Crippen molar-refractivity contribution in [1.82, 2.24) is 0 Å². The van der Waals surface area contributed by atoms with Crippen LogP contribution in [-0.2, 0) is 0 Å². The predicted molar refractivity (Wildman–Crippen MR) is 57.3 cm³/mol. The number of ketones is 1. The maximum atomic E-state index is 12.1. The van der Waals surface area contributed by atoms with Crippen LogP contribution in [0.1, 0.15) is 28.3 Å². The lowest BCUT2D eigenvalue weighted by molar-refractivity contribution is 0.0930. The Morgan fingerprint density at radius 2 is 2.07 bits per heavy atom. The Morgan fingerprint density at radius 1 is 1.27 bits per heavy atom. The van der Waals surface area contributed by atoms with Crippen LogP contribution in [0, 0.1) is 5.92 Å². The fourth-order valence-electron chi connectivity index (χ4n) is 2.60. The Kier molecular flexibility index (Phi) is 1.72. The first-order valence-corrected chi connectivity index (χ1v) is 5.20. The van der Waals surface area contributed by atoms with Gasteiger partial charge in [-0.05, 0) is 18.1 Å². The molecule has 0 N–H and O–H groups in total. The molecular formula is C13H12O2. The van der Waals surface area contributed by atoms with Gasteiger partial charge in [0, 0.05) is 11.8 Å². The average Bonchev–Trinajstić information content (AvgIpc) is 2.71. The van der Waals surface area contributed by atoms with Gasteiger partial charge in [0.15, 0.2) is 5.78 Å². The molecule has 2 nitrogen and oxygen atoms in total. The third-order valence-corrected chi connectivity index (χ3v) is 3.34. The van der Waals surface area contributed by atoms with Crippen LogP contribution in [0.3, 0.4) is 0 Å². The molecule has 2 bridgehead atoms. The van der Waals surface area contributed by atoms with Gasteiger partial charge in [0.05, 0.1) is 12.7 Å². The van der Waals surface area contributed by atoms with E-state index >= 15 is 0 Å². The van der Waals surface area contributed by atoms with Crippen LogP contribution in [0.15, 0.2) is 30.4 Å². The van der Waals surface area contributed by atoms with Crippen LogP contribution in [0.2, 0.25) is 0 Å². The number of fused-ring (bicyclic) bond motifs is 4. The molecule has 2 aliphatic rings. The fourth-order valence-corrected chi connectivity index (χ4v) is 2.60. The third-order valence-electron chi connectivity index (χ3n) is 3.34. The van der Waals surface area contributed by atoms with Crippen molar-refractivity contribution in [3.05, 3.63) is 41.5 Å². The number of benzene rings is 1. The van der Waals surface area contributed by atoms with Crippen LogP contribution in [-0.4, -0.2) is 12.9 Å². The van der Waals surface area contributed by atoms with E-state index in [1.807, 2.05) is 24.3 Å². The van der Waals surface area contributed by atoms with E-state index in [2.05, 4.69) is 6.08 Å². The van der Waals surface area contributed by atoms with Crippen LogP contribution in [0.25, 0.3) is 0 Å². The standard InChI is InChI=1S/C13H12O2/c1-15-11-4-2-3-10-8-5-6-9(7-8)13(14)12(10)11/h2-6,8-9H,7H2,1H3. The minimum Gasteiger partial charge on any atom is -0.496 e. The highest BCUT2D eigenvalue weighted by molar-refractivity contribution is 6.04. The van der Waals surface area contributed by atoms with Crippen molar-refractivity contribution in [3.8, 4) is 5.75 Å². The second-order valence-corrected chi connectivity index (χ2v) is 4.12. The van der Waals surface area contributed by atoms with Crippen molar-refractivity contribution in [2.24, 2.45) is 5.92 Å². The summed E-state index contributed by atoms with van der Waals surface area (Å²) >= 11 is 0. The van der Waals surface area contributed by atoms with Crippen molar-refractivity contribution in [1.29, 1.82) is 0 Å². The number of carbonyl (C=O) groups is 1. The van der Waals surface area contributed by atoms with Gasteiger partial charge in [-0.15, -0.1) is 0 Å². The van der Waals surface area contributed by atoms with Gasteiger partial charge >= 0.3 is 0 Å². The summed E-state index contributed by atoms with van der Waals surface area (Å²) < 4.78 is 5.26. The molecule has 15 heavy (non-hydrogen) atoms. The number of rotatable bonds is 1. The number of allylic oxidation sites excluding steroid dienone is 2. The Balaban J connectivity index is 2.25. The number of hydrogen-bond acceptors (Lipinski definition) is 2. The lowest BCUT2D eigenvalue weighted by atomic mass is 9.81. The zero-order valence-corrected chi connectivity index (χ0v) is 8.57. The highest BCUT2D eigenvalue weighted by atomic mass is 16.5. The smallest absolute Gasteiger partial charge is 0.173 e. The van der Waals surface area contributed by atoms with E-state index < -0.39 is 0 Å². The Bertz CT molecular complexity index is 460. The summed E-state index contributed by atoms with van der Waals surface area (Å²) in [5.74, 6) is 1.43. The quantitative estimate of drug-likeness (QED) is 0.651. The lowest BCUT2D eigenvalue weighted by Gasteiger charge is -2.23.